The van der Waals surface area contributed by atoms with Crippen molar-refractivity contribution in [3.8, 4) is 24.3 Å². The molecule has 6 aromatic heterocycles. The molecule has 8 rings (SSSR count). The molecule has 0 N–H and O–H groups in total. The predicted molar refractivity (Wildman–Crippen MR) is 159 cm³/mol. The highest BCUT2D eigenvalue weighted by molar-refractivity contribution is 6.21. The summed E-state index contributed by atoms with van der Waals surface area (Å²) < 4.78 is 0. The summed E-state index contributed by atoms with van der Waals surface area (Å²) in [6.07, 6.45) is 6.74. The van der Waals surface area contributed by atoms with E-state index in [-0.39, 0.29) is 22.8 Å². The molecule has 200 valence electrons. The summed E-state index contributed by atoms with van der Waals surface area (Å²) in [6.45, 7) is 0. The van der Waals surface area contributed by atoms with Crippen LogP contribution in [0.4, 0.5) is 0 Å². The van der Waals surface area contributed by atoms with Crippen LogP contribution in [0.5, 0.6) is 0 Å². The maximum atomic E-state index is 9.16. The molecule has 0 aliphatic rings. The van der Waals surface area contributed by atoms with E-state index in [2.05, 4.69) is 39.9 Å². The summed E-state index contributed by atoms with van der Waals surface area (Å²) in [4.78, 5) is 34.8. The normalized spacial score (nSPS) is 10.6. The van der Waals surface area contributed by atoms with E-state index >= 15 is 0 Å². The molecule has 12 nitrogen and oxygen atoms in total. The Labute approximate surface area is 246 Å². The lowest BCUT2D eigenvalue weighted by Gasteiger charge is -2.07. The van der Waals surface area contributed by atoms with Gasteiger partial charge in [-0.2, -0.15) is 21.0 Å². The summed E-state index contributed by atoms with van der Waals surface area (Å²) >= 11 is 0. The first-order valence-corrected chi connectivity index (χ1v) is 12.9. The average molecular weight is 565 g/mol. The van der Waals surface area contributed by atoms with E-state index in [1.165, 1.54) is 0 Å². The Hall–Kier alpha value is -7.28. The Bertz CT molecular complexity index is 2300. The lowest BCUT2D eigenvalue weighted by Crippen LogP contribution is -1.98. The molecule has 0 spiro atoms. The van der Waals surface area contributed by atoms with Crippen LogP contribution in [0.3, 0.4) is 0 Å². The molecule has 6 heterocycles. The fourth-order valence-electron chi connectivity index (χ4n) is 5.07. The number of rotatable bonds is 0. The zero-order chi connectivity index (χ0) is 30.2. The Kier molecular flexibility index (Phi) is 6.00. The van der Waals surface area contributed by atoms with Crippen LogP contribution in [0.2, 0.25) is 0 Å². The molecule has 0 fully saturated rings. The second-order valence-corrected chi connectivity index (χ2v) is 9.28. The maximum Gasteiger partial charge on any atom is 0.177 e. The van der Waals surface area contributed by atoms with Gasteiger partial charge in [0.15, 0.2) is 22.8 Å². The van der Waals surface area contributed by atoms with Crippen molar-refractivity contribution >= 4 is 65.7 Å². The maximum absolute atomic E-state index is 9.16. The number of aromatic nitrogens is 8. The fourth-order valence-corrected chi connectivity index (χ4v) is 5.07. The number of fused-ring (bicyclic) bond motifs is 12. The van der Waals surface area contributed by atoms with E-state index in [1.807, 2.05) is 48.5 Å². The molecule has 12 heteroatoms. The molecule has 0 bridgehead atoms. The van der Waals surface area contributed by atoms with E-state index in [9.17, 15) is 0 Å². The topological polar surface area (TPSA) is 198 Å². The van der Waals surface area contributed by atoms with Crippen LogP contribution in [0.15, 0.2) is 73.3 Å². The average Bonchev–Trinajstić information content (AvgIpc) is 3.11. The van der Waals surface area contributed by atoms with Gasteiger partial charge in [0, 0.05) is 46.3 Å². The number of nitriles is 4. The zero-order valence-corrected chi connectivity index (χ0v) is 22.3. The predicted octanol–water partition coefficient (Wildman–Crippen LogP) is 4.94. The number of benzene rings is 2. The molecule has 8 aromatic rings. The van der Waals surface area contributed by atoms with Gasteiger partial charge in [-0.25, -0.2) is 19.9 Å². The van der Waals surface area contributed by atoms with E-state index in [4.69, 9.17) is 21.0 Å². The summed E-state index contributed by atoms with van der Waals surface area (Å²) in [5.41, 5.74) is 5.10. The van der Waals surface area contributed by atoms with Crippen molar-refractivity contribution in [1.29, 1.82) is 21.0 Å². The minimum atomic E-state index is 0.0170. The van der Waals surface area contributed by atoms with Crippen LogP contribution in [0.1, 0.15) is 22.8 Å². The highest BCUT2D eigenvalue weighted by Crippen LogP contribution is 2.32. The molecule has 2 aromatic carbocycles. The van der Waals surface area contributed by atoms with E-state index < -0.39 is 0 Å². The van der Waals surface area contributed by atoms with E-state index in [1.54, 1.807) is 49.1 Å². The highest BCUT2D eigenvalue weighted by atomic mass is 14.9. The van der Waals surface area contributed by atoms with Crippen LogP contribution in [0.25, 0.3) is 65.7 Å². The van der Waals surface area contributed by atoms with Gasteiger partial charge in [-0.15, -0.1) is 0 Å². The Morgan fingerprint density at radius 2 is 0.568 bits per heavy atom. The van der Waals surface area contributed by atoms with E-state index in [0.717, 1.165) is 21.5 Å². The lowest BCUT2D eigenvalue weighted by molar-refractivity contribution is 1.20. The Morgan fingerprint density at radius 1 is 0.341 bits per heavy atom. The van der Waals surface area contributed by atoms with Crippen LogP contribution >= 0.6 is 0 Å². The second kappa shape index (κ2) is 10.3. The molecule has 0 saturated carbocycles. The van der Waals surface area contributed by atoms with Crippen molar-refractivity contribution in [1.82, 2.24) is 39.9 Å². The molecule has 0 amide bonds. The SMILES string of the molecule is N#Cc1nc2c3cccnc3c3ncccc3c2nc1C#N.N#Cc1nc2c3cccnc3c3ncccc3c2nc1C#N. The monoisotopic (exact) mass is 564 g/mol. The van der Waals surface area contributed by atoms with Crippen molar-refractivity contribution in [2.45, 2.75) is 0 Å². The first-order chi connectivity index (χ1) is 21.7. The standard InChI is InChI=1S/2C16H6N6/c2*17-7-11-12(8-18)22-16-10-4-2-6-20-14(10)13-9(15(16)21-11)3-1-5-19-13/h2*1-6H. The van der Waals surface area contributed by atoms with Gasteiger partial charge in [-0.05, 0) is 48.5 Å². The molecule has 0 aliphatic carbocycles. The molecular weight excluding hydrogens is 552 g/mol. The molecule has 44 heavy (non-hydrogen) atoms. The smallest absolute Gasteiger partial charge is 0.177 e. The van der Waals surface area contributed by atoms with Gasteiger partial charge < -0.3 is 0 Å². The Balaban J connectivity index is 0.000000142. The highest BCUT2D eigenvalue weighted by Gasteiger charge is 2.17. The third-order valence-electron chi connectivity index (χ3n) is 6.92. The quantitative estimate of drug-likeness (QED) is 0.225. The molecule has 0 unspecified atom stereocenters. The van der Waals surface area contributed by atoms with Gasteiger partial charge in [0.25, 0.3) is 0 Å². The molecular formula is C32H12N12. The van der Waals surface area contributed by atoms with Crippen LogP contribution in [-0.2, 0) is 0 Å². The van der Waals surface area contributed by atoms with E-state index in [0.29, 0.717) is 44.1 Å². The number of hydrogen-bond donors (Lipinski definition) is 0. The van der Waals surface area contributed by atoms with Crippen molar-refractivity contribution in [3.05, 3.63) is 96.1 Å². The van der Waals surface area contributed by atoms with Crippen LogP contribution in [-0.4, -0.2) is 39.9 Å². The first kappa shape index (κ1) is 25.7. The summed E-state index contributed by atoms with van der Waals surface area (Å²) in [6, 6.07) is 22.3. The minimum Gasteiger partial charge on any atom is -0.254 e. The first-order valence-electron chi connectivity index (χ1n) is 12.9. The Morgan fingerprint density at radius 3 is 0.773 bits per heavy atom. The second-order valence-electron chi connectivity index (χ2n) is 9.28. The fraction of sp³-hybridized carbons (Fsp3) is 0. The van der Waals surface area contributed by atoms with Crippen LogP contribution in [0, 0.1) is 45.3 Å². The minimum absolute atomic E-state index is 0.0170. The van der Waals surface area contributed by atoms with Gasteiger partial charge in [0.05, 0.1) is 22.1 Å². The van der Waals surface area contributed by atoms with Gasteiger partial charge in [0.2, 0.25) is 0 Å². The number of pyridine rings is 4. The van der Waals surface area contributed by atoms with Gasteiger partial charge >= 0.3 is 0 Å². The third kappa shape index (κ3) is 3.89. The summed E-state index contributed by atoms with van der Waals surface area (Å²) in [5.74, 6) is 0. The van der Waals surface area contributed by atoms with Gasteiger partial charge in [-0.1, -0.05) is 0 Å². The molecule has 0 aliphatic heterocycles. The van der Waals surface area contributed by atoms with Gasteiger partial charge in [0.1, 0.15) is 46.3 Å². The van der Waals surface area contributed by atoms with Gasteiger partial charge in [-0.3, -0.25) is 19.9 Å². The van der Waals surface area contributed by atoms with Crippen molar-refractivity contribution in [2.24, 2.45) is 0 Å². The molecule has 0 radical (unpaired) electrons. The summed E-state index contributed by atoms with van der Waals surface area (Å²) in [5, 5.41) is 39.7. The van der Waals surface area contributed by atoms with Crippen molar-refractivity contribution < 1.29 is 0 Å². The number of hydrogen-bond acceptors (Lipinski definition) is 12. The van der Waals surface area contributed by atoms with Crippen LogP contribution < -0.4 is 0 Å². The summed E-state index contributed by atoms with van der Waals surface area (Å²) in [7, 11) is 0. The lowest BCUT2D eigenvalue weighted by atomic mass is 10.1. The largest absolute Gasteiger partial charge is 0.254 e. The van der Waals surface area contributed by atoms with Crippen molar-refractivity contribution in [2.75, 3.05) is 0 Å². The molecule has 0 saturated heterocycles. The van der Waals surface area contributed by atoms with Crippen molar-refractivity contribution in [3.63, 3.8) is 0 Å². The molecule has 0 atom stereocenters. The zero-order valence-electron chi connectivity index (χ0n) is 22.3. The third-order valence-corrected chi connectivity index (χ3v) is 6.92. The number of nitrogens with zero attached hydrogens (tertiary/aromatic N) is 12.